The Morgan fingerprint density at radius 1 is 1.18 bits per heavy atom. The van der Waals surface area contributed by atoms with E-state index in [-0.39, 0.29) is 5.91 Å². The number of carbonyl (C=O) groups excluding carboxylic acids is 1. The van der Waals surface area contributed by atoms with Gasteiger partial charge in [-0.05, 0) is 30.9 Å². The van der Waals surface area contributed by atoms with Crippen molar-refractivity contribution in [1.29, 1.82) is 0 Å². The second-order valence-corrected chi connectivity index (χ2v) is 6.52. The van der Waals surface area contributed by atoms with Crippen molar-refractivity contribution < 1.29 is 4.79 Å². The molecular weight excluding hydrogens is 296 g/mol. The van der Waals surface area contributed by atoms with E-state index in [0.29, 0.717) is 17.5 Å². The van der Waals surface area contributed by atoms with E-state index in [0.717, 1.165) is 31.7 Å². The third-order valence-corrected chi connectivity index (χ3v) is 5.03. The molecule has 0 bridgehead atoms. The number of carbonyl (C=O) groups is 1. The molecule has 22 heavy (non-hydrogen) atoms. The minimum Gasteiger partial charge on any atom is -0.340 e. The van der Waals surface area contributed by atoms with Crippen LogP contribution in [0.2, 0.25) is 5.02 Å². The van der Waals surface area contributed by atoms with Crippen molar-refractivity contribution in [3.63, 3.8) is 0 Å². The fourth-order valence-corrected chi connectivity index (χ4v) is 3.52. The van der Waals surface area contributed by atoms with E-state index in [4.69, 9.17) is 11.6 Å². The van der Waals surface area contributed by atoms with Crippen molar-refractivity contribution in [3.8, 4) is 0 Å². The first-order valence-electron chi connectivity index (χ1n) is 8.16. The first-order chi connectivity index (χ1) is 10.7. The van der Waals surface area contributed by atoms with E-state index in [1.807, 2.05) is 29.2 Å². The Kier molecular flexibility index (Phi) is 5.16. The van der Waals surface area contributed by atoms with Gasteiger partial charge in [-0.2, -0.15) is 0 Å². The normalized spacial score (nSPS) is 22.8. The molecule has 0 aromatic heterocycles. The lowest BCUT2D eigenvalue weighted by Gasteiger charge is -2.39. The van der Waals surface area contributed by atoms with Gasteiger partial charge in [0, 0.05) is 37.2 Å². The molecule has 0 radical (unpaired) electrons. The van der Waals surface area contributed by atoms with Crippen molar-refractivity contribution in [2.75, 3.05) is 26.2 Å². The van der Waals surface area contributed by atoms with Crippen molar-refractivity contribution in [1.82, 2.24) is 9.80 Å². The van der Waals surface area contributed by atoms with Gasteiger partial charge in [0.2, 0.25) is 5.91 Å². The van der Waals surface area contributed by atoms with E-state index in [9.17, 15) is 4.79 Å². The van der Waals surface area contributed by atoms with E-state index in [1.54, 1.807) is 0 Å². The topological polar surface area (TPSA) is 23.6 Å². The van der Waals surface area contributed by atoms with Gasteiger partial charge in [-0.25, -0.2) is 0 Å². The summed E-state index contributed by atoms with van der Waals surface area (Å²) in [7, 11) is 0. The fraction of sp³-hybridized carbons (Fsp3) is 0.500. The van der Waals surface area contributed by atoms with Gasteiger partial charge < -0.3 is 4.90 Å². The van der Waals surface area contributed by atoms with Crippen LogP contribution >= 0.6 is 11.6 Å². The lowest BCUT2D eigenvalue weighted by molar-refractivity contribution is -0.132. The Bertz CT molecular complexity index is 550. The zero-order chi connectivity index (χ0) is 15.4. The Morgan fingerprint density at radius 3 is 2.64 bits per heavy atom. The summed E-state index contributed by atoms with van der Waals surface area (Å²) >= 11 is 6.15. The third-order valence-electron chi connectivity index (χ3n) is 4.66. The van der Waals surface area contributed by atoms with Gasteiger partial charge in [0.05, 0.1) is 6.42 Å². The molecule has 1 heterocycles. The number of hydrogen-bond acceptors (Lipinski definition) is 2. The molecule has 1 aromatic rings. The van der Waals surface area contributed by atoms with Crippen LogP contribution in [0.15, 0.2) is 36.4 Å². The first-order valence-corrected chi connectivity index (χ1v) is 8.54. The van der Waals surface area contributed by atoms with Gasteiger partial charge >= 0.3 is 0 Å². The number of hydrogen-bond donors (Lipinski definition) is 0. The van der Waals surface area contributed by atoms with E-state index in [2.05, 4.69) is 17.1 Å². The molecule has 1 fully saturated rings. The predicted molar refractivity (Wildman–Crippen MR) is 90.1 cm³/mol. The van der Waals surface area contributed by atoms with Gasteiger partial charge in [-0.3, -0.25) is 9.69 Å². The molecule has 1 saturated heterocycles. The largest absolute Gasteiger partial charge is 0.340 e. The highest BCUT2D eigenvalue weighted by atomic mass is 35.5. The van der Waals surface area contributed by atoms with Crippen molar-refractivity contribution in [2.24, 2.45) is 0 Å². The second kappa shape index (κ2) is 7.30. The second-order valence-electron chi connectivity index (χ2n) is 6.11. The summed E-state index contributed by atoms with van der Waals surface area (Å²) in [5.74, 6) is 0.187. The van der Waals surface area contributed by atoms with Gasteiger partial charge in [0.25, 0.3) is 0 Å². The van der Waals surface area contributed by atoms with Gasteiger partial charge in [-0.15, -0.1) is 0 Å². The molecule has 1 aromatic carbocycles. The fourth-order valence-electron chi connectivity index (χ4n) is 3.32. The Balaban J connectivity index is 1.52. The summed E-state index contributed by atoms with van der Waals surface area (Å²) in [5.41, 5.74) is 0.923. The molecule has 118 valence electrons. The molecule has 4 heteroatoms. The number of halogens is 1. The first kappa shape index (κ1) is 15.6. The van der Waals surface area contributed by atoms with Crippen molar-refractivity contribution in [2.45, 2.75) is 31.7 Å². The zero-order valence-corrected chi connectivity index (χ0v) is 13.6. The number of benzene rings is 1. The molecule has 3 rings (SSSR count). The average Bonchev–Trinajstić information content (AvgIpc) is 2.58. The maximum Gasteiger partial charge on any atom is 0.227 e. The molecule has 0 spiro atoms. The summed E-state index contributed by atoms with van der Waals surface area (Å²) in [5, 5.41) is 0.682. The molecule has 0 N–H and O–H groups in total. The van der Waals surface area contributed by atoms with E-state index < -0.39 is 0 Å². The minimum atomic E-state index is 0.187. The highest BCUT2D eigenvalue weighted by molar-refractivity contribution is 6.31. The van der Waals surface area contributed by atoms with Crippen LogP contribution in [-0.4, -0.2) is 47.9 Å². The Morgan fingerprint density at radius 2 is 1.95 bits per heavy atom. The summed E-state index contributed by atoms with van der Waals surface area (Å²) in [6.07, 6.45) is 8.79. The Hall–Kier alpha value is -1.32. The molecule has 0 saturated carbocycles. The highest BCUT2D eigenvalue weighted by Gasteiger charge is 2.25. The standard InChI is InChI=1S/C18H23ClN2O/c19-17-9-5-4-6-15(17)14-18(22)21-12-10-20(11-13-21)16-7-2-1-3-8-16/h2,4-7,9,16H,1,3,8,10-14H2. The zero-order valence-electron chi connectivity index (χ0n) is 12.9. The van der Waals surface area contributed by atoms with E-state index in [1.165, 1.54) is 19.3 Å². The number of amides is 1. The number of rotatable bonds is 3. The highest BCUT2D eigenvalue weighted by Crippen LogP contribution is 2.19. The van der Waals surface area contributed by atoms with Crippen LogP contribution in [0, 0.1) is 0 Å². The molecule has 1 atom stereocenters. The number of nitrogens with zero attached hydrogens (tertiary/aromatic N) is 2. The summed E-state index contributed by atoms with van der Waals surface area (Å²) in [4.78, 5) is 16.9. The summed E-state index contributed by atoms with van der Waals surface area (Å²) in [6.45, 7) is 3.60. The van der Waals surface area contributed by atoms with Gasteiger partial charge in [-0.1, -0.05) is 42.0 Å². The van der Waals surface area contributed by atoms with E-state index >= 15 is 0 Å². The monoisotopic (exact) mass is 318 g/mol. The lowest BCUT2D eigenvalue weighted by atomic mass is 10.0. The van der Waals surface area contributed by atoms with Crippen LogP contribution in [0.1, 0.15) is 24.8 Å². The summed E-state index contributed by atoms with van der Waals surface area (Å²) in [6, 6.07) is 8.18. The smallest absolute Gasteiger partial charge is 0.227 e. The molecule has 1 unspecified atom stereocenters. The van der Waals surface area contributed by atoms with Crippen molar-refractivity contribution in [3.05, 3.63) is 47.0 Å². The number of allylic oxidation sites excluding steroid dienone is 1. The lowest BCUT2D eigenvalue weighted by Crippen LogP contribution is -2.52. The SMILES string of the molecule is O=C(Cc1ccccc1Cl)N1CCN(C2C=CCCC2)CC1. The maximum absolute atomic E-state index is 12.4. The van der Waals surface area contributed by atoms with Crippen molar-refractivity contribution >= 4 is 17.5 Å². The third kappa shape index (κ3) is 3.71. The van der Waals surface area contributed by atoms with Gasteiger partial charge in [0.1, 0.15) is 0 Å². The Labute approximate surface area is 137 Å². The van der Waals surface area contributed by atoms with Crippen LogP contribution in [-0.2, 0) is 11.2 Å². The van der Waals surface area contributed by atoms with Crippen LogP contribution in [0.25, 0.3) is 0 Å². The average molecular weight is 319 g/mol. The van der Waals surface area contributed by atoms with Crippen LogP contribution in [0.3, 0.4) is 0 Å². The van der Waals surface area contributed by atoms with Crippen LogP contribution in [0.5, 0.6) is 0 Å². The quantitative estimate of drug-likeness (QED) is 0.799. The molecule has 2 aliphatic rings. The molecule has 1 amide bonds. The molecule has 1 aliphatic carbocycles. The minimum absolute atomic E-state index is 0.187. The maximum atomic E-state index is 12.4. The van der Waals surface area contributed by atoms with Gasteiger partial charge in [0.15, 0.2) is 0 Å². The summed E-state index contributed by atoms with van der Waals surface area (Å²) < 4.78 is 0. The predicted octanol–water partition coefficient (Wildman–Crippen LogP) is 3.14. The number of piperazine rings is 1. The molecular formula is C18H23ClN2O. The molecule has 1 aliphatic heterocycles. The van der Waals surface area contributed by atoms with Crippen LogP contribution < -0.4 is 0 Å². The molecule has 3 nitrogen and oxygen atoms in total. The van der Waals surface area contributed by atoms with Crippen LogP contribution in [0.4, 0.5) is 0 Å².